The van der Waals surface area contributed by atoms with Crippen LogP contribution in [0.15, 0.2) is 36.4 Å². The van der Waals surface area contributed by atoms with Crippen LogP contribution < -0.4 is 5.32 Å². The van der Waals surface area contributed by atoms with Gasteiger partial charge in [0.05, 0.1) is 25.5 Å². The summed E-state index contributed by atoms with van der Waals surface area (Å²) in [5.41, 5.74) is 1.75. The predicted octanol–water partition coefficient (Wildman–Crippen LogP) is 2.22. The molecule has 0 aliphatic rings. The predicted molar refractivity (Wildman–Crippen MR) is 78.9 cm³/mol. The first-order valence-corrected chi connectivity index (χ1v) is 6.70. The van der Waals surface area contributed by atoms with Crippen LogP contribution in [0.1, 0.15) is 0 Å². The van der Waals surface area contributed by atoms with Gasteiger partial charge in [-0.2, -0.15) is 0 Å². The zero-order chi connectivity index (χ0) is 14.2. The second-order valence-electron chi connectivity index (χ2n) is 4.04. The van der Waals surface area contributed by atoms with Crippen molar-refractivity contribution in [3.63, 3.8) is 0 Å². The normalized spacial score (nSPS) is 10.5. The summed E-state index contributed by atoms with van der Waals surface area (Å²) in [5, 5.41) is 11.9. The lowest BCUT2D eigenvalue weighted by molar-refractivity contribution is 0.0992. The number of hydrogen-bond acceptors (Lipinski definition) is 5. The highest BCUT2D eigenvalue weighted by atomic mass is 35.5. The molecule has 1 heterocycles. The van der Waals surface area contributed by atoms with E-state index in [0.29, 0.717) is 25.6 Å². The molecule has 0 amide bonds. The smallest absolute Gasteiger partial charge is 0.224 e. The highest BCUT2D eigenvalue weighted by Gasteiger charge is 2.04. The minimum absolute atomic E-state index is 0.0253. The molecule has 2 aromatic rings. The van der Waals surface area contributed by atoms with Crippen LogP contribution in [0, 0.1) is 0 Å². The number of nitrogens with one attached hydrogen (secondary N) is 1. The molecule has 0 aliphatic carbocycles. The van der Waals surface area contributed by atoms with Gasteiger partial charge in [-0.25, -0.2) is 9.97 Å². The van der Waals surface area contributed by atoms with Gasteiger partial charge in [0.25, 0.3) is 0 Å². The molecule has 0 unspecified atom stereocenters. The Morgan fingerprint density at radius 1 is 1.15 bits per heavy atom. The van der Waals surface area contributed by atoms with Crippen LogP contribution in [0.5, 0.6) is 0 Å². The topological polar surface area (TPSA) is 67.3 Å². The van der Waals surface area contributed by atoms with Gasteiger partial charge in [0.2, 0.25) is 5.28 Å². The minimum Gasteiger partial charge on any atom is -0.394 e. The summed E-state index contributed by atoms with van der Waals surface area (Å²) in [7, 11) is 0. The molecule has 1 aromatic heterocycles. The van der Waals surface area contributed by atoms with Crippen LogP contribution in [0.4, 0.5) is 5.82 Å². The Labute approximate surface area is 122 Å². The average molecular weight is 294 g/mol. The fourth-order valence-corrected chi connectivity index (χ4v) is 1.87. The van der Waals surface area contributed by atoms with Crippen LogP contribution in [0.3, 0.4) is 0 Å². The quantitative estimate of drug-likeness (QED) is 0.605. The molecule has 0 radical (unpaired) electrons. The van der Waals surface area contributed by atoms with Crippen molar-refractivity contribution >= 4 is 17.4 Å². The molecule has 2 rings (SSSR count). The number of benzene rings is 1. The van der Waals surface area contributed by atoms with Crippen molar-refractivity contribution < 1.29 is 9.84 Å². The molecule has 0 bridgehead atoms. The number of aromatic nitrogens is 2. The Hall–Kier alpha value is -1.69. The van der Waals surface area contributed by atoms with Crippen LogP contribution in [-0.2, 0) is 4.74 Å². The van der Waals surface area contributed by atoms with Crippen LogP contribution in [-0.4, -0.2) is 41.4 Å². The van der Waals surface area contributed by atoms with E-state index in [0.717, 1.165) is 11.3 Å². The van der Waals surface area contributed by atoms with Gasteiger partial charge < -0.3 is 15.2 Å². The van der Waals surface area contributed by atoms with E-state index in [1.54, 1.807) is 0 Å². The van der Waals surface area contributed by atoms with Gasteiger partial charge in [0.1, 0.15) is 5.82 Å². The van der Waals surface area contributed by atoms with Gasteiger partial charge >= 0.3 is 0 Å². The van der Waals surface area contributed by atoms with E-state index >= 15 is 0 Å². The lowest BCUT2D eigenvalue weighted by Crippen LogP contribution is -2.12. The summed E-state index contributed by atoms with van der Waals surface area (Å²) in [5.74, 6) is 0.649. The number of rotatable bonds is 7. The lowest BCUT2D eigenvalue weighted by atomic mass is 10.1. The molecule has 6 heteroatoms. The highest BCUT2D eigenvalue weighted by Crippen LogP contribution is 2.20. The molecule has 0 saturated carbocycles. The van der Waals surface area contributed by atoms with Crippen molar-refractivity contribution in [2.24, 2.45) is 0 Å². The van der Waals surface area contributed by atoms with Crippen molar-refractivity contribution in [2.45, 2.75) is 0 Å². The van der Waals surface area contributed by atoms with Crippen LogP contribution >= 0.6 is 11.6 Å². The summed E-state index contributed by atoms with van der Waals surface area (Å²) in [6.07, 6.45) is 0. The number of aliphatic hydroxyl groups is 1. The van der Waals surface area contributed by atoms with E-state index in [4.69, 9.17) is 21.4 Å². The number of hydrogen-bond donors (Lipinski definition) is 2. The van der Waals surface area contributed by atoms with Crippen LogP contribution in [0.2, 0.25) is 5.28 Å². The zero-order valence-electron chi connectivity index (χ0n) is 10.9. The third-order valence-electron chi connectivity index (χ3n) is 2.56. The molecule has 1 aromatic carbocycles. The van der Waals surface area contributed by atoms with Crippen molar-refractivity contribution in [2.75, 3.05) is 31.7 Å². The average Bonchev–Trinajstić information content (AvgIpc) is 2.47. The second-order valence-corrected chi connectivity index (χ2v) is 4.37. The van der Waals surface area contributed by atoms with Crippen molar-refractivity contribution in [1.29, 1.82) is 0 Å². The summed E-state index contributed by atoms with van der Waals surface area (Å²) < 4.78 is 5.16. The molecule has 0 atom stereocenters. The van der Waals surface area contributed by atoms with Gasteiger partial charge in [0.15, 0.2) is 0 Å². The second kappa shape index (κ2) is 7.79. The monoisotopic (exact) mass is 293 g/mol. The summed E-state index contributed by atoms with van der Waals surface area (Å²) in [6.45, 7) is 1.43. The Balaban J connectivity index is 2.02. The molecule has 0 fully saturated rings. The number of nitrogens with zero attached hydrogens (tertiary/aromatic N) is 2. The molecule has 5 nitrogen and oxygen atoms in total. The Morgan fingerprint density at radius 2 is 1.95 bits per heavy atom. The number of anilines is 1. The molecule has 20 heavy (non-hydrogen) atoms. The highest BCUT2D eigenvalue weighted by molar-refractivity contribution is 6.28. The first-order chi connectivity index (χ1) is 9.79. The molecule has 0 aliphatic heterocycles. The Morgan fingerprint density at radius 3 is 2.70 bits per heavy atom. The van der Waals surface area contributed by atoms with Gasteiger partial charge in [0, 0.05) is 18.2 Å². The third-order valence-corrected chi connectivity index (χ3v) is 2.73. The molecule has 0 saturated heterocycles. The van der Waals surface area contributed by atoms with Crippen molar-refractivity contribution in [1.82, 2.24) is 9.97 Å². The largest absolute Gasteiger partial charge is 0.394 e. The number of halogens is 1. The summed E-state index contributed by atoms with van der Waals surface area (Å²) in [4.78, 5) is 8.33. The maximum absolute atomic E-state index is 8.60. The minimum atomic E-state index is 0.0253. The zero-order valence-corrected chi connectivity index (χ0v) is 11.7. The summed E-state index contributed by atoms with van der Waals surface area (Å²) in [6, 6.07) is 11.6. The molecule has 0 spiro atoms. The van der Waals surface area contributed by atoms with E-state index in [1.165, 1.54) is 0 Å². The van der Waals surface area contributed by atoms with Gasteiger partial charge in [-0.15, -0.1) is 0 Å². The van der Waals surface area contributed by atoms with Crippen molar-refractivity contribution in [3.05, 3.63) is 41.7 Å². The van der Waals surface area contributed by atoms with Gasteiger partial charge in [-0.05, 0) is 11.6 Å². The Bertz CT molecular complexity index is 537. The lowest BCUT2D eigenvalue weighted by Gasteiger charge is -2.08. The molecular formula is C14H16ClN3O2. The third kappa shape index (κ3) is 4.45. The van der Waals surface area contributed by atoms with Crippen LogP contribution in [0.25, 0.3) is 11.3 Å². The number of ether oxygens (including phenoxy) is 1. The van der Waals surface area contributed by atoms with E-state index in [1.807, 2.05) is 36.4 Å². The van der Waals surface area contributed by atoms with E-state index in [-0.39, 0.29) is 11.9 Å². The van der Waals surface area contributed by atoms with Gasteiger partial charge in [-0.3, -0.25) is 0 Å². The SMILES string of the molecule is OCCOCCNc1cc(-c2ccccc2)nc(Cl)n1. The van der Waals surface area contributed by atoms with Gasteiger partial charge in [-0.1, -0.05) is 30.3 Å². The van der Waals surface area contributed by atoms with E-state index < -0.39 is 0 Å². The Kier molecular flexibility index (Phi) is 5.73. The maximum atomic E-state index is 8.60. The fourth-order valence-electron chi connectivity index (χ4n) is 1.68. The van der Waals surface area contributed by atoms with Crippen molar-refractivity contribution in [3.8, 4) is 11.3 Å². The first kappa shape index (κ1) is 14.7. The molecule has 106 valence electrons. The first-order valence-electron chi connectivity index (χ1n) is 6.32. The molecule has 2 N–H and O–H groups in total. The number of aliphatic hydroxyl groups excluding tert-OH is 1. The van der Waals surface area contributed by atoms with E-state index in [2.05, 4.69) is 15.3 Å². The molecular weight excluding hydrogens is 278 g/mol. The van der Waals surface area contributed by atoms with E-state index in [9.17, 15) is 0 Å². The fraction of sp³-hybridized carbons (Fsp3) is 0.286. The summed E-state index contributed by atoms with van der Waals surface area (Å²) >= 11 is 5.94. The maximum Gasteiger partial charge on any atom is 0.224 e. The standard InChI is InChI=1S/C14H16ClN3O2/c15-14-17-12(11-4-2-1-3-5-11)10-13(18-14)16-6-8-20-9-7-19/h1-5,10,19H,6-9H2,(H,16,17,18).